The Morgan fingerprint density at radius 3 is 2.27 bits per heavy atom. The van der Waals surface area contributed by atoms with Gasteiger partial charge in [-0.3, -0.25) is 4.79 Å². The quantitative estimate of drug-likeness (QED) is 0.570. The first-order valence-electron chi connectivity index (χ1n) is 3.56. The Morgan fingerprint density at radius 1 is 1.55 bits per heavy atom. The molecule has 0 aromatic rings. The monoisotopic (exact) mass is 161 g/mol. The Labute approximate surface area is 66.4 Å². The molecule has 0 aromatic heterocycles. The smallest absolute Gasteiger partial charge is 0.251 e. The molecule has 0 aliphatic carbocycles. The van der Waals surface area contributed by atoms with E-state index >= 15 is 0 Å². The normalized spacial score (nSPS) is 15.7. The average Bonchev–Trinajstić information content (AvgIpc) is 2.00. The molecule has 0 aromatic carbocycles. The molecule has 0 aliphatic heterocycles. The molecule has 4 heteroatoms. The van der Waals surface area contributed by atoms with Gasteiger partial charge in [0.25, 0.3) is 5.91 Å². The van der Waals surface area contributed by atoms with E-state index in [1.807, 2.05) is 0 Å². The van der Waals surface area contributed by atoms with Crippen LogP contribution in [-0.4, -0.2) is 46.8 Å². The highest BCUT2D eigenvalue weighted by atomic mass is 16.3. The molecule has 1 amide bonds. The first-order chi connectivity index (χ1) is 5.00. The molecule has 0 aliphatic rings. The Hall–Kier alpha value is -0.610. The minimum absolute atomic E-state index is 0.0883. The topological polar surface area (TPSA) is 60.8 Å². The van der Waals surface area contributed by atoms with Gasteiger partial charge in [-0.05, 0) is 13.8 Å². The van der Waals surface area contributed by atoms with Gasteiger partial charge < -0.3 is 15.1 Å². The molecule has 0 spiro atoms. The van der Waals surface area contributed by atoms with Crippen molar-refractivity contribution in [1.82, 2.24) is 4.90 Å². The van der Waals surface area contributed by atoms with Crippen LogP contribution in [0.1, 0.15) is 13.8 Å². The lowest BCUT2D eigenvalue weighted by atomic mass is 10.2. The number of aliphatic hydroxyl groups excluding tert-OH is 2. The number of hydrogen-bond donors (Lipinski definition) is 2. The summed E-state index contributed by atoms with van der Waals surface area (Å²) in [5, 5.41) is 17.5. The van der Waals surface area contributed by atoms with E-state index in [0.717, 1.165) is 0 Å². The summed E-state index contributed by atoms with van der Waals surface area (Å²) in [5.41, 5.74) is 0. The summed E-state index contributed by atoms with van der Waals surface area (Å²) in [7, 11) is 1.55. The lowest BCUT2D eigenvalue weighted by molar-refractivity contribution is -0.140. The Bertz CT molecular complexity index is 136. The fourth-order valence-electron chi connectivity index (χ4n) is 0.634. The molecule has 4 nitrogen and oxygen atoms in total. The predicted octanol–water partition coefficient (Wildman–Crippen LogP) is -0.794. The van der Waals surface area contributed by atoms with Crippen molar-refractivity contribution in [3.63, 3.8) is 0 Å². The van der Waals surface area contributed by atoms with Gasteiger partial charge in [-0.15, -0.1) is 0 Å². The Morgan fingerprint density at radius 2 is 2.00 bits per heavy atom. The summed E-state index contributed by atoms with van der Waals surface area (Å²) in [6.07, 6.45) is -0.992. The Kier molecular flexibility index (Phi) is 4.07. The van der Waals surface area contributed by atoms with Crippen molar-refractivity contribution in [2.45, 2.75) is 26.0 Å². The molecular formula is C7H15NO3. The predicted molar refractivity (Wildman–Crippen MR) is 41.0 cm³/mol. The first kappa shape index (κ1) is 10.4. The summed E-state index contributed by atoms with van der Waals surface area (Å²) < 4.78 is 0. The number of hydrogen-bond acceptors (Lipinski definition) is 3. The highest BCUT2D eigenvalue weighted by molar-refractivity contribution is 5.80. The fourth-order valence-corrected chi connectivity index (χ4v) is 0.634. The van der Waals surface area contributed by atoms with Gasteiger partial charge in [0.15, 0.2) is 0 Å². The van der Waals surface area contributed by atoms with Crippen LogP contribution >= 0.6 is 0 Å². The zero-order valence-electron chi connectivity index (χ0n) is 7.11. The van der Waals surface area contributed by atoms with Gasteiger partial charge >= 0.3 is 0 Å². The van der Waals surface area contributed by atoms with E-state index in [-0.39, 0.29) is 18.6 Å². The highest BCUT2D eigenvalue weighted by Crippen LogP contribution is 1.97. The van der Waals surface area contributed by atoms with Crippen LogP contribution in [-0.2, 0) is 4.79 Å². The van der Waals surface area contributed by atoms with Crippen molar-refractivity contribution in [3.8, 4) is 0 Å². The number of nitrogens with zero attached hydrogens (tertiary/aromatic N) is 1. The van der Waals surface area contributed by atoms with Gasteiger partial charge in [-0.2, -0.15) is 0 Å². The maximum absolute atomic E-state index is 11.0. The highest BCUT2D eigenvalue weighted by Gasteiger charge is 2.18. The number of carbonyl (C=O) groups is 1. The number of aliphatic hydroxyl groups is 2. The van der Waals surface area contributed by atoms with Crippen molar-refractivity contribution in [2.75, 3.05) is 13.7 Å². The van der Waals surface area contributed by atoms with Crippen LogP contribution in [0.15, 0.2) is 0 Å². The summed E-state index contributed by atoms with van der Waals surface area (Å²) in [4.78, 5) is 12.3. The summed E-state index contributed by atoms with van der Waals surface area (Å²) in [5.74, 6) is -0.369. The van der Waals surface area contributed by atoms with Crippen molar-refractivity contribution >= 4 is 5.91 Å². The van der Waals surface area contributed by atoms with Gasteiger partial charge in [-0.1, -0.05) is 0 Å². The number of rotatable bonds is 3. The molecule has 0 fully saturated rings. The van der Waals surface area contributed by atoms with Gasteiger partial charge in [-0.25, -0.2) is 0 Å². The van der Waals surface area contributed by atoms with Crippen molar-refractivity contribution in [3.05, 3.63) is 0 Å². The van der Waals surface area contributed by atoms with Crippen molar-refractivity contribution < 1.29 is 15.0 Å². The van der Waals surface area contributed by atoms with Crippen LogP contribution in [0.25, 0.3) is 0 Å². The lowest BCUT2D eigenvalue weighted by Gasteiger charge is -2.24. The third kappa shape index (κ3) is 2.86. The van der Waals surface area contributed by atoms with Crippen molar-refractivity contribution in [2.24, 2.45) is 0 Å². The molecule has 11 heavy (non-hydrogen) atoms. The maximum atomic E-state index is 11.0. The van der Waals surface area contributed by atoms with Crippen LogP contribution in [0.2, 0.25) is 0 Å². The molecule has 0 saturated carbocycles. The van der Waals surface area contributed by atoms with Gasteiger partial charge in [0.2, 0.25) is 0 Å². The molecular weight excluding hydrogens is 146 g/mol. The van der Waals surface area contributed by atoms with E-state index in [1.54, 1.807) is 14.0 Å². The number of likely N-dealkylation sites (N-methyl/N-ethyl adjacent to an activating group) is 1. The van der Waals surface area contributed by atoms with Crippen LogP contribution < -0.4 is 0 Å². The maximum Gasteiger partial charge on any atom is 0.251 e. The van der Waals surface area contributed by atoms with E-state index < -0.39 is 6.10 Å². The van der Waals surface area contributed by atoms with Crippen LogP contribution in [0.5, 0.6) is 0 Å². The SMILES string of the molecule is C[C@H](O)C(=O)N(C)[C@@H](C)CO. The largest absolute Gasteiger partial charge is 0.394 e. The van der Waals surface area contributed by atoms with Crippen molar-refractivity contribution in [1.29, 1.82) is 0 Å². The molecule has 2 N–H and O–H groups in total. The minimum atomic E-state index is -0.992. The average molecular weight is 161 g/mol. The van der Waals surface area contributed by atoms with E-state index in [9.17, 15) is 4.79 Å². The first-order valence-corrected chi connectivity index (χ1v) is 3.56. The number of carbonyl (C=O) groups excluding carboxylic acids is 1. The molecule has 0 saturated heterocycles. The second kappa shape index (κ2) is 4.31. The third-order valence-corrected chi connectivity index (χ3v) is 1.63. The minimum Gasteiger partial charge on any atom is -0.394 e. The molecule has 0 radical (unpaired) electrons. The zero-order valence-corrected chi connectivity index (χ0v) is 7.11. The van der Waals surface area contributed by atoms with Gasteiger partial charge in [0.1, 0.15) is 6.10 Å². The van der Waals surface area contributed by atoms with Crippen LogP contribution in [0.4, 0.5) is 0 Å². The molecule has 66 valence electrons. The molecule has 2 atom stereocenters. The van der Waals surface area contributed by atoms with Crippen LogP contribution in [0.3, 0.4) is 0 Å². The lowest BCUT2D eigenvalue weighted by Crippen LogP contribution is -2.42. The standard InChI is InChI=1S/C7H15NO3/c1-5(4-9)8(3)7(11)6(2)10/h5-6,9-10H,4H2,1-3H3/t5-,6-/m0/s1. The van der Waals surface area contributed by atoms with E-state index in [1.165, 1.54) is 11.8 Å². The zero-order chi connectivity index (χ0) is 9.02. The molecule has 0 rings (SSSR count). The third-order valence-electron chi connectivity index (χ3n) is 1.63. The van der Waals surface area contributed by atoms with Crippen LogP contribution in [0, 0.1) is 0 Å². The molecule has 0 heterocycles. The van der Waals surface area contributed by atoms with E-state index in [4.69, 9.17) is 10.2 Å². The summed E-state index contributed by atoms with van der Waals surface area (Å²) in [6.45, 7) is 3.03. The second-order valence-electron chi connectivity index (χ2n) is 2.66. The second-order valence-corrected chi connectivity index (χ2v) is 2.66. The summed E-state index contributed by atoms with van der Waals surface area (Å²) >= 11 is 0. The van der Waals surface area contributed by atoms with Gasteiger partial charge in [0, 0.05) is 7.05 Å². The van der Waals surface area contributed by atoms with E-state index in [0.29, 0.717) is 0 Å². The molecule has 0 unspecified atom stereocenters. The Balaban J connectivity index is 4.02. The fraction of sp³-hybridized carbons (Fsp3) is 0.857. The van der Waals surface area contributed by atoms with E-state index in [2.05, 4.69) is 0 Å². The van der Waals surface area contributed by atoms with Gasteiger partial charge in [0.05, 0.1) is 12.6 Å². The molecule has 0 bridgehead atoms. The number of amides is 1. The summed E-state index contributed by atoms with van der Waals surface area (Å²) in [6, 6.07) is -0.239.